The molecule has 0 aromatic heterocycles. The maximum atomic E-state index is 11.9. The van der Waals surface area contributed by atoms with Crippen LogP contribution in [0.4, 0.5) is 5.69 Å². The fourth-order valence-corrected chi connectivity index (χ4v) is 3.83. The Kier molecular flexibility index (Phi) is 4.26. The first-order valence-electron chi connectivity index (χ1n) is 5.43. The Morgan fingerprint density at radius 2 is 2.18 bits per heavy atom. The summed E-state index contributed by atoms with van der Waals surface area (Å²) in [4.78, 5) is 0. The predicted molar refractivity (Wildman–Crippen MR) is 75.5 cm³/mol. The van der Waals surface area contributed by atoms with Crippen LogP contribution in [0.5, 0.6) is 0 Å². The molecule has 1 aromatic rings. The van der Waals surface area contributed by atoms with Crippen molar-refractivity contribution < 1.29 is 13.2 Å². The van der Waals surface area contributed by atoms with Gasteiger partial charge in [0.05, 0.1) is 17.5 Å². The van der Waals surface area contributed by atoms with Crippen LogP contribution in [0.2, 0.25) is 0 Å². The number of sulfonamides is 1. The Hall–Kier alpha value is -0.340. The molecule has 1 N–H and O–H groups in total. The van der Waals surface area contributed by atoms with E-state index in [9.17, 15) is 8.42 Å². The first-order chi connectivity index (χ1) is 8.07. The highest BCUT2D eigenvalue weighted by atomic mass is 127. The number of ether oxygens (including phenoxy) is 1. The summed E-state index contributed by atoms with van der Waals surface area (Å²) < 4.78 is 32.7. The fourth-order valence-electron chi connectivity index (χ4n) is 1.77. The van der Waals surface area contributed by atoms with Gasteiger partial charge in [-0.1, -0.05) is 12.1 Å². The van der Waals surface area contributed by atoms with E-state index in [1.807, 2.05) is 18.2 Å². The third kappa shape index (κ3) is 3.82. The molecule has 1 saturated heterocycles. The quantitative estimate of drug-likeness (QED) is 0.831. The van der Waals surface area contributed by atoms with Crippen LogP contribution < -0.4 is 4.72 Å². The molecule has 0 bridgehead atoms. The van der Waals surface area contributed by atoms with Crippen molar-refractivity contribution in [3.63, 3.8) is 0 Å². The van der Waals surface area contributed by atoms with Crippen LogP contribution >= 0.6 is 22.6 Å². The number of para-hydroxylation sites is 1. The normalized spacial score (nSPS) is 20.4. The highest BCUT2D eigenvalue weighted by Gasteiger charge is 2.23. The summed E-state index contributed by atoms with van der Waals surface area (Å²) >= 11 is 2.11. The van der Waals surface area contributed by atoms with Gasteiger partial charge in [-0.3, -0.25) is 4.72 Å². The maximum absolute atomic E-state index is 11.9. The fraction of sp³-hybridized carbons (Fsp3) is 0.455. The zero-order valence-electron chi connectivity index (χ0n) is 9.23. The van der Waals surface area contributed by atoms with Crippen LogP contribution in [0.15, 0.2) is 24.3 Å². The van der Waals surface area contributed by atoms with E-state index in [0.717, 1.165) is 16.4 Å². The Morgan fingerprint density at radius 3 is 2.82 bits per heavy atom. The van der Waals surface area contributed by atoms with E-state index >= 15 is 0 Å². The van der Waals surface area contributed by atoms with Crippen LogP contribution in [-0.4, -0.2) is 26.9 Å². The Balaban J connectivity index is 2.04. The van der Waals surface area contributed by atoms with E-state index in [4.69, 9.17) is 4.74 Å². The molecular formula is C11H14INO3S. The van der Waals surface area contributed by atoms with Crippen molar-refractivity contribution in [2.75, 3.05) is 17.1 Å². The molecule has 0 radical (unpaired) electrons. The lowest BCUT2D eigenvalue weighted by molar-refractivity contribution is 0.127. The summed E-state index contributed by atoms with van der Waals surface area (Å²) in [5, 5.41) is 0. The standard InChI is InChI=1S/C11H14INO3S/c12-10-5-1-2-6-11(10)13-17(14,15)8-9-4-3-7-16-9/h1-2,5-6,9,13H,3-4,7-8H2. The minimum Gasteiger partial charge on any atom is -0.377 e. The molecular weight excluding hydrogens is 353 g/mol. The summed E-state index contributed by atoms with van der Waals surface area (Å²) in [5.74, 6) is 0.0397. The van der Waals surface area contributed by atoms with Gasteiger partial charge in [-0.2, -0.15) is 0 Å². The summed E-state index contributed by atoms with van der Waals surface area (Å²) in [7, 11) is -3.32. The van der Waals surface area contributed by atoms with Crippen LogP contribution in [-0.2, 0) is 14.8 Å². The van der Waals surface area contributed by atoms with Crippen molar-refractivity contribution in [3.05, 3.63) is 27.8 Å². The molecule has 1 atom stereocenters. The van der Waals surface area contributed by atoms with Crippen LogP contribution in [0.3, 0.4) is 0 Å². The smallest absolute Gasteiger partial charge is 0.235 e. The molecule has 0 spiro atoms. The minimum atomic E-state index is -3.32. The van der Waals surface area contributed by atoms with E-state index in [2.05, 4.69) is 27.3 Å². The SMILES string of the molecule is O=S(=O)(CC1CCCO1)Nc1ccccc1I. The Labute approximate surface area is 115 Å². The third-order valence-electron chi connectivity index (χ3n) is 2.57. The second-order valence-electron chi connectivity index (χ2n) is 4.00. The zero-order chi connectivity index (χ0) is 12.3. The molecule has 0 amide bonds. The van der Waals surface area contributed by atoms with Crippen molar-refractivity contribution in [1.82, 2.24) is 0 Å². The van der Waals surface area contributed by atoms with Gasteiger partial charge < -0.3 is 4.74 Å². The van der Waals surface area contributed by atoms with Crippen molar-refractivity contribution in [2.24, 2.45) is 0 Å². The second kappa shape index (κ2) is 5.53. The van der Waals surface area contributed by atoms with Crippen LogP contribution in [0.25, 0.3) is 0 Å². The minimum absolute atomic E-state index is 0.0397. The molecule has 1 fully saturated rings. The summed E-state index contributed by atoms with van der Waals surface area (Å²) in [5.41, 5.74) is 0.631. The number of hydrogen-bond acceptors (Lipinski definition) is 3. The molecule has 17 heavy (non-hydrogen) atoms. The average Bonchev–Trinajstić information content (AvgIpc) is 2.73. The van der Waals surface area contributed by atoms with Gasteiger partial charge in [0.25, 0.3) is 0 Å². The molecule has 1 aliphatic heterocycles. The first-order valence-corrected chi connectivity index (χ1v) is 8.16. The lowest BCUT2D eigenvalue weighted by Gasteiger charge is -2.12. The highest BCUT2D eigenvalue weighted by Crippen LogP contribution is 2.20. The molecule has 1 aliphatic rings. The first kappa shape index (κ1) is 13.1. The van der Waals surface area contributed by atoms with E-state index in [0.29, 0.717) is 12.3 Å². The van der Waals surface area contributed by atoms with Crippen LogP contribution in [0, 0.1) is 3.57 Å². The van der Waals surface area contributed by atoms with Gasteiger partial charge in [-0.25, -0.2) is 8.42 Å². The molecule has 1 heterocycles. The highest BCUT2D eigenvalue weighted by molar-refractivity contribution is 14.1. The molecule has 2 rings (SSSR count). The third-order valence-corrected chi connectivity index (χ3v) is 4.85. The van der Waals surface area contributed by atoms with E-state index in [-0.39, 0.29) is 11.9 Å². The van der Waals surface area contributed by atoms with Gasteiger partial charge >= 0.3 is 0 Å². The zero-order valence-corrected chi connectivity index (χ0v) is 12.2. The lowest BCUT2D eigenvalue weighted by atomic mass is 10.3. The van der Waals surface area contributed by atoms with E-state index < -0.39 is 10.0 Å². The molecule has 6 heteroatoms. The topological polar surface area (TPSA) is 55.4 Å². The average molecular weight is 367 g/mol. The molecule has 94 valence electrons. The van der Waals surface area contributed by atoms with Crippen molar-refractivity contribution >= 4 is 38.3 Å². The number of rotatable bonds is 4. The largest absolute Gasteiger partial charge is 0.377 e. The molecule has 0 aliphatic carbocycles. The summed E-state index contributed by atoms with van der Waals surface area (Å²) in [6.07, 6.45) is 1.62. The monoisotopic (exact) mass is 367 g/mol. The number of nitrogens with one attached hydrogen (secondary N) is 1. The van der Waals surface area contributed by atoms with Gasteiger partial charge in [0, 0.05) is 10.2 Å². The van der Waals surface area contributed by atoms with E-state index in [1.54, 1.807) is 6.07 Å². The number of benzene rings is 1. The predicted octanol–water partition coefficient (Wildman–Crippen LogP) is 2.21. The van der Waals surface area contributed by atoms with Gasteiger partial charge in [0.15, 0.2) is 0 Å². The summed E-state index contributed by atoms with van der Waals surface area (Å²) in [6, 6.07) is 7.31. The van der Waals surface area contributed by atoms with Crippen molar-refractivity contribution in [1.29, 1.82) is 0 Å². The van der Waals surface area contributed by atoms with Gasteiger partial charge in [0.1, 0.15) is 0 Å². The van der Waals surface area contributed by atoms with Crippen molar-refractivity contribution in [3.8, 4) is 0 Å². The number of hydrogen-bond donors (Lipinski definition) is 1. The summed E-state index contributed by atoms with van der Waals surface area (Å²) in [6.45, 7) is 0.670. The molecule has 1 unspecified atom stereocenters. The van der Waals surface area contributed by atoms with Gasteiger partial charge in [-0.05, 0) is 47.6 Å². The number of halogens is 1. The Bertz CT molecular complexity index is 483. The van der Waals surface area contributed by atoms with Gasteiger partial charge in [0.2, 0.25) is 10.0 Å². The Morgan fingerprint density at radius 1 is 1.41 bits per heavy atom. The molecule has 0 saturated carbocycles. The van der Waals surface area contributed by atoms with E-state index in [1.165, 1.54) is 0 Å². The lowest BCUT2D eigenvalue weighted by Crippen LogP contribution is -2.25. The molecule has 4 nitrogen and oxygen atoms in total. The second-order valence-corrected chi connectivity index (χ2v) is 6.93. The van der Waals surface area contributed by atoms with Crippen molar-refractivity contribution in [2.45, 2.75) is 18.9 Å². The van der Waals surface area contributed by atoms with Crippen LogP contribution in [0.1, 0.15) is 12.8 Å². The maximum Gasteiger partial charge on any atom is 0.235 e. The molecule has 1 aromatic carbocycles. The van der Waals surface area contributed by atoms with Gasteiger partial charge in [-0.15, -0.1) is 0 Å². The number of anilines is 1.